The largest absolute Gasteiger partial charge is 0.381 e. The first-order valence-electron chi connectivity index (χ1n) is 7.56. The van der Waals surface area contributed by atoms with Crippen molar-refractivity contribution in [1.29, 1.82) is 0 Å². The van der Waals surface area contributed by atoms with E-state index >= 15 is 0 Å². The van der Waals surface area contributed by atoms with Crippen LogP contribution in [-0.4, -0.2) is 28.8 Å². The summed E-state index contributed by atoms with van der Waals surface area (Å²) in [6, 6.07) is 0.456. The molecule has 0 radical (unpaired) electrons. The molecule has 2 aliphatic rings. The average molecular weight is 494 g/mol. The van der Waals surface area contributed by atoms with Crippen LogP contribution >= 0.6 is 47.8 Å². The highest BCUT2D eigenvalue weighted by molar-refractivity contribution is 9.14. The summed E-state index contributed by atoms with van der Waals surface area (Å²) in [4.78, 5) is 4.89. The van der Waals surface area contributed by atoms with Gasteiger partial charge in [-0.3, -0.25) is 0 Å². The van der Waals surface area contributed by atoms with E-state index in [0.717, 1.165) is 70.3 Å². The van der Waals surface area contributed by atoms with Crippen LogP contribution in [0.3, 0.4) is 0 Å². The molecule has 7 heteroatoms. The summed E-state index contributed by atoms with van der Waals surface area (Å²) in [7, 11) is 0. The van der Waals surface area contributed by atoms with E-state index in [9.17, 15) is 0 Å². The minimum atomic E-state index is 0.456. The van der Waals surface area contributed by atoms with Gasteiger partial charge in [-0.15, -0.1) is 0 Å². The Kier molecular flexibility index (Phi) is 4.26. The number of hydrogen-bond donors (Lipinski definition) is 1. The Labute approximate surface area is 154 Å². The molecule has 0 aliphatic carbocycles. The number of aromatic nitrogens is 2. The summed E-state index contributed by atoms with van der Waals surface area (Å²) >= 11 is 11.1. The minimum Gasteiger partial charge on any atom is -0.381 e. The van der Waals surface area contributed by atoms with E-state index in [4.69, 9.17) is 9.72 Å². The first kappa shape index (κ1) is 15.4. The summed E-state index contributed by atoms with van der Waals surface area (Å²) in [6.45, 7) is 2.70. The van der Waals surface area contributed by atoms with Gasteiger partial charge in [0.05, 0.1) is 9.99 Å². The highest BCUT2D eigenvalue weighted by atomic mass is 79.9. The maximum absolute atomic E-state index is 5.45. The van der Waals surface area contributed by atoms with Crippen LogP contribution in [0, 0.1) is 0 Å². The van der Waals surface area contributed by atoms with Crippen LogP contribution in [0.25, 0.3) is 11.0 Å². The zero-order valence-corrected chi connectivity index (χ0v) is 16.7. The van der Waals surface area contributed by atoms with E-state index in [-0.39, 0.29) is 0 Å². The molecule has 1 fully saturated rings. The van der Waals surface area contributed by atoms with Gasteiger partial charge in [-0.05, 0) is 79.0 Å². The van der Waals surface area contributed by atoms with E-state index in [1.54, 1.807) is 0 Å². The van der Waals surface area contributed by atoms with Crippen molar-refractivity contribution < 1.29 is 4.74 Å². The molecular formula is C15H16Br3N3O. The SMILES string of the molecule is Brc1c(Br)c2c3c(nc(NC4CCOCC4)n3CCC2)c1Br. The van der Waals surface area contributed by atoms with Crippen LogP contribution in [0.2, 0.25) is 0 Å². The van der Waals surface area contributed by atoms with Crippen molar-refractivity contribution >= 4 is 64.8 Å². The molecule has 0 amide bonds. The maximum atomic E-state index is 5.45. The van der Waals surface area contributed by atoms with Crippen molar-refractivity contribution in [3.05, 3.63) is 19.0 Å². The van der Waals surface area contributed by atoms with Gasteiger partial charge in [0.25, 0.3) is 0 Å². The summed E-state index contributed by atoms with van der Waals surface area (Å²) in [6.07, 6.45) is 4.33. The average Bonchev–Trinajstić information content (AvgIpc) is 2.91. The van der Waals surface area contributed by atoms with Gasteiger partial charge in [0.2, 0.25) is 5.95 Å². The Morgan fingerprint density at radius 2 is 1.86 bits per heavy atom. The summed E-state index contributed by atoms with van der Waals surface area (Å²) in [5.74, 6) is 0.994. The Bertz CT molecular complexity index is 738. The van der Waals surface area contributed by atoms with Gasteiger partial charge in [0.15, 0.2) is 0 Å². The molecule has 1 N–H and O–H groups in total. The number of halogens is 3. The fourth-order valence-electron chi connectivity index (χ4n) is 3.34. The third kappa shape index (κ3) is 2.44. The molecule has 0 atom stereocenters. The highest BCUT2D eigenvalue weighted by Gasteiger charge is 2.26. The van der Waals surface area contributed by atoms with E-state index < -0.39 is 0 Å². The van der Waals surface area contributed by atoms with Crippen molar-refractivity contribution in [3.63, 3.8) is 0 Å². The van der Waals surface area contributed by atoms with Gasteiger partial charge in [0.1, 0.15) is 5.52 Å². The van der Waals surface area contributed by atoms with Crippen molar-refractivity contribution in [3.8, 4) is 0 Å². The number of imidazole rings is 1. The first-order valence-corrected chi connectivity index (χ1v) is 9.94. The third-order valence-corrected chi connectivity index (χ3v) is 7.98. The van der Waals surface area contributed by atoms with Gasteiger partial charge in [0, 0.05) is 34.7 Å². The number of anilines is 1. The maximum Gasteiger partial charge on any atom is 0.204 e. The summed E-state index contributed by atoms with van der Waals surface area (Å²) in [5, 5.41) is 3.64. The van der Waals surface area contributed by atoms with Crippen LogP contribution in [0.5, 0.6) is 0 Å². The number of ether oxygens (including phenoxy) is 1. The minimum absolute atomic E-state index is 0.456. The second-order valence-electron chi connectivity index (χ2n) is 5.84. The molecular weight excluding hydrogens is 478 g/mol. The van der Waals surface area contributed by atoms with Crippen LogP contribution in [0.15, 0.2) is 13.4 Å². The predicted molar refractivity (Wildman–Crippen MR) is 98.6 cm³/mol. The normalized spacial score (nSPS) is 18.9. The number of nitrogens with zero attached hydrogens (tertiary/aromatic N) is 2. The molecule has 3 heterocycles. The fourth-order valence-corrected chi connectivity index (χ4v) is 5.10. The van der Waals surface area contributed by atoms with Gasteiger partial charge in [-0.1, -0.05) is 0 Å². The molecule has 1 aromatic heterocycles. The standard InChI is InChI=1S/C15H16Br3N3O/c16-10-9-2-1-5-21-14(9)13(12(18)11(10)17)20-15(21)19-8-3-6-22-7-4-8/h8H,1-7H2,(H,19,20). The predicted octanol–water partition coefficient (Wildman–Crippen LogP) is 4.86. The van der Waals surface area contributed by atoms with Crippen LogP contribution in [-0.2, 0) is 17.7 Å². The summed E-state index contributed by atoms with van der Waals surface area (Å²) in [5.41, 5.74) is 3.64. The van der Waals surface area contributed by atoms with E-state index in [1.807, 2.05) is 0 Å². The van der Waals surface area contributed by atoms with Gasteiger partial charge >= 0.3 is 0 Å². The van der Waals surface area contributed by atoms with Gasteiger partial charge in [-0.25, -0.2) is 4.98 Å². The van der Waals surface area contributed by atoms with E-state index in [0.29, 0.717) is 6.04 Å². The smallest absolute Gasteiger partial charge is 0.204 e. The zero-order chi connectivity index (χ0) is 15.3. The van der Waals surface area contributed by atoms with Crippen molar-refractivity contribution in [1.82, 2.24) is 9.55 Å². The van der Waals surface area contributed by atoms with Crippen molar-refractivity contribution in [2.24, 2.45) is 0 Å². The number of hydrogen-bond acceptors (Lipinski definition) is 3. The molecule has 2 aliphatic heterocycles. The third-order valence-electron chi connectivity index (χ3n) is 4.47. The van der Waals surface area contributed by atoms with Crippen LogP contribution in [0.1, 0.15) is 24.8 Å². The molecule has 0 spiro atoms. The lowest BCUT2D eigenvalue weighted by atomic mass is 10.0. The molecule has 2 aromatic rings. The number of nitrogens with one attached hydrogen (secondary N) is 1. The molecule has 0 unspecified atom stereocenters. The molecule has 0 bridgehead atoms. The lowest BCUT2D eigenvalue weighted by molar-refractivity contribution is 0.0902. The lowest BCUT2D eigenvalue weighted by Gasteiger charge is -2.25. The second kappa shape index (κ2) is 6.07. The molecule has 1 saturated heterocycles. The summed E-state index contributed by atoms with van der Waals surface area (Å²) < 4.78 is 11.0. The molecule has 1 aromatic carbocycles. The number of aryl methyl sites for hydroxylation is 2. The van der Waals surface area contributed by atoms with Gasteiger partial charge in [-0.2, -0.15) is 0 Å². The molecule has 4 rings (SSSR count). The van der Waals surface area contributed by atoms with E-state index in [1.165, 1.54) is 11.1 Å². The Balaban J connectivity index is 1.83. The monoisotopic (exact) mass is 491 g/mol. The molecule has 4 nitrogen and oxygen atoms in total. The Morgan fingerprint density at radius 1 is 1.09 bits per heavy atom. The topological polar surface area (TPSA) is 39.1 Å². The van der Waals surface area contributed by atoms with Crippen LogP contribution < -0.4 is 5.32 Å². The molecule has 22 heavy (non-hydrogen) atoms. The Morgan fingerprint density at radius 3 is 2.64 bits per heavy atom. The van der Waals surface area contributed by atoms with E-state index in [2.05, 4.69) is 57.7 Å². The lowest BCUT2D eigenvalue weighted by Crippen LogP contribution is -2.29. The molecule has 118 valence electrons. The van der Waals surface area contributed by atoms with Crippen molar-refractivity contribution in [2.75, 3.05) is 18.5 Å². The second-order valence-corrected chi connectivity index (χ2v) is 8.22. The quantitative estimate of drug-likeness (QED) is 0.607. The molecule has 0 saturated carbocycles. The van der Waals surface area contributed by atoms with Gasteiger partial charge < -0.3 is 14.6 Å². The fraction of sp³-hybridized carbons (Fsp3) is 0.533. The van der Waals surface area contributed by atoms with Crippen LogP contribution in [0.4, 0.5) is 5.95 Å². The van der Waals surface area contributed by atoms with Crippen molar-refractivity contribution in [2.45, 2.75) is 38.3 Å². The highest BCUT2D eigenvalue weighted by Crippen LogP contribution is 2.43. The zero-order valence-electron chi connectivity index (χ0n) is 12.0. The Hall–Kier alpha value is -0.110. The number of benzene rings is 1. The first-order chi connectivity index (χ1) is 10.7. The number of rotatable bonds is 2.